The zero-order valence-electron chi connectivity index (χ0n) is 17.0. The van der Waals surface area contributed by atoms with Crippen LogP contribution < -0.4 is 10.2 Å². The molecule has 0 radical (unpaired) electrons. The summed E-state index contributed by atoms with van der Waals surface area (Å²) in [5.41, 5.74) is 2.29. The number of aromatic nitrogens is 3. The number of hydrogen-bond donors (Lipinski definition) is 1. The molecule has 4 rings (SSSR count). The number of rotatable bonds is 5. The van der Waals surface area contributed by atoms with Crippen LogP contribution >= 0.6 is 15.9 Å². The van der Waals surface area contributed by atoms with E-state index in [4.69, 9.17) is 9.72 Å². The minimum Gasteiger partial charge on any atom is -0.378 e. The monoisotopic (exact) mass is 494 g/mol. The summed E-state index contributed by atoms with van der Waals surface area (Å²) >= 11 is 3.59. The molecule has 0 saturated carbocycles. The van der Waals surface area contributed by atoms with Gasteiger partial charge in [0.1, 0.15) is 11.6 Å². The average molecular weight is 495 g/mol. The van der Waals surface area contributed by atoms with Gasteiger partial charge in [0.2, 0.25) is 10.0 Å². The van der Waals surface area contributed by atoms with Gasteiger partial charge < -0.3 is 15.0 Å². The lowest BCUT2D eigenvalue weighted by Crippen LogP contribution is -2.36. The van der Waals surface area contributed by atoms with Gasteiger partial charge in [0.05, 0.1) is 28.3 Å². The zero-order valence-corrected chi connectivity index (χ0v) is 19.4. The van der Waals surface area contributed by atoms with Crippen molar-refractivity contribution in [1.82, 2.24) is 18.9 Å². The quantitative estimate of drug-likeness (QED) is 0.582. The summed E-state index contributed by atoms with van der Waals surface area (Å²) < 4.78 is 33.8. The molecule has 0 amide bonds. The maximum atomic E-state index is 12.3. The third-order valence-corrected chi connectivity index (χ3v) is 7.68. The summed E-state index contributed by atoms with van der Waals surface area (Å²) in [7, 11) is -0.443. The molecular weight excluding hydrogens is 472 g/mol. The van der Waals surface area contributed by atoms with Gasteiger partial charge in [-0.2, -0.15) is 9.61 Å². The van der Waals surface area contributed by atoms with Gasteiger partial charge >= 0.3 is 0 Å². The molecule has 2 aromatic heterocycles. The minimum atomic E-state index is -3.47. The Morgan fingerprint density at radius 2 is 1.83 bits per heavy atom. The Hall–Kier alpha value is -2.21. The van der Waals surface area contributed by atoms with E-state index >= 15 is 0 Å². The van der Waals surface area contributed by atoms with Gasteiger partial charge in [-0.1, -0.05) is 0 Å². The summed E-state index contributed by atoms with van der Waals surface area (Å²) in [5, 5.41) is 7.92. The van der Waals surface area contributed by atoms with Crippen molar-refractivity contribution in [3.8, 4) is 0 Å². The number of halogens is 1. The molecule has 1 saturated heterocycles. The predicted octanol–water partition coefficient (Wildman–Crippen LogP) is 2.63. The highest BCUT2D eigenvalue weighted by atomic mass is 79.9. The summed E-state index contributed by atoms with van der Waals surface area (Å²) in [5.74, 6) is 1.57. The van der Waals surface area contributed by atoms with Gasteiger partial charge in [-0.3, -0.25) is 0 Å². The molecule has 3 aromatic rings. The fraction of sp³-hybridized carbons (Fsp3) is 0.368. The van der Waals surface area contributed by atoms with Crippen LogP contribution in [0.2, 0.25) is 0 Å². The van der Waals surface area contributed by atoms with Crippen LogP contribution in [0.5, 0.6) is 0 Å². The molecule has 1 N–H and O–H groups in total. The van der Waals surface area contributed by atoms with Crippen LogP contribution in [0.3, 0.4) is 0 Å². The van der Waals surface area contributed by atoms with Crippen LogP contribution in [0.4, 0.5) is 17.3 Å². The molecule has 3 heterocycles. The maximum absolute atomic E-state index is 12.3. The van der Waals surface area contributed by atoms with Crippen LogP contribution in [0.25, 0.3) is 5.65 Å². The molecule has 1 aliphatic heterocycles. The molecule has 1 fully saturated rings. The van der Waals surface area contributed by atoms with E-state index < -0.39 is 10.0 Å². The summed E-state index contributed by atoms with van der Waals surface area (Å²) in [6.45, 7) is 4.78. The Bertz CT molecular complexity index is 1170. The van der Waals surface area contributed by atoms with Crippen molar-refractivity contribution >= 4 is 48.9 Å². The molecule has 1 aliphatic rings. The first-order valence-electron chi connectivity index (χ1n) is 9.45. The average Bonchev–Trinajstić information content (AvgIpc) is 3.03. The largest absolute Gasteiger partial charge is 0.378 e. The molecule has 0 unspecified atom stereocenters. The first-order valence-corrected chi connectivity index (χ1v) is 11.7. The van der Waals surface area contributed by atoms with Crippen LogP contribution in [-0.2, 0) is 14.8 Å². The summed E-state index contributed by atoms with van der Waals surface area (Å²) in [6, 6.07) is 8.60. The Kier molecular flexibility index (Phi) is 5.71. The number of sulfonamides is 1. The smallest absolute Gasteiger partial charge is 0.242 e. The Labute approximate surface area is 183 Å². The Morgan fingerprint density at radius 3 is 2.47 bits per heavy atom. The van der Waals surface area contributed by atoms with Crippen LogP contribution in [-0.4, -0.2) is 67.7 Å². The number of ether oxygens (including phenoxy) is 1. The Balaban J connectivity index is 1.72. The van der Waals surface area contributed by atoms with Crippen molar-refractivity contribution < 1.29 is 13.2 Å². The van der Waals surface area contributed by atoms with Gasteiger partial charge in [0.25, 0.3) is 0 Å². The predicted molar refractivity (Wildman–Crippen MR) is 119 cm³/mol. The van der Waals surface area contributed by atoms with Crippen LogP contribution in [0.15, 0.2) is 39.7 Å². The highest BCUT2D eigenvalue weighted by molar-refractivity contribution is 9.10. The SMILES string of the molecule is Cc1nn2c(Nc3ccc(S(=O)(=O)N(C)C)cc3)cc(N3CCOCC3)nc2c1Br. The highest BCUT2D eigenvalue weighted by Gasteiger charge is 2.20. The van der Waals surface area contributed by atoms with Gasteiger partial charge in [0.15, 0.2) is 5.65 Å². The van der Waals surface area contributed by atoms with Gasteiger partial charge in [-0.15, -0.1) is 0 Å². The standard InChI is InChI=1S/C19H23BrN6O3S/c1-13-18(20)19-22-16(25-8-10-29-11-9-25)12-17(26(19)23-13)21-14-4-6-15(7-5-14)30(27,28)24(2)3/h4-7,12,21H,8-11H2,1-3H3. The first-order chi connectivity index (χ1) is 14.3. The number of nitrogens with one attached hydrogen (secondary N) is 1. The van der Waals surface area contributed by atoms with Gasteiger partial charge in [0, 0.05) is 38.9 Å². The third kappa shape index (κ3) is 3.89. The molecule has 11 heteroatoms. The lowest BCUT2D eigenvalue weighted by atomic mass is 10.3. The molecule has 0 spiro atoms. The van der Waals surface area contributed by atoms with Crippen molar-refractivity contribution in [2.45, 2.75) is 11.8 Å². The van der Waals surface area contributed by atoms with Crippen LogP contribution in [0, 0.1) is 6.92 Å². The topological polar surface area (TPSA) is 92.1 Å². The molecule has 0 bridgehead atoms. The van der Waals surface area contributed by atoms with Gasteiger partial charge in [-0.05, 0) is 47.1 Å². The second-order valence-corrected chi connectivity index (χ2v) is 10.1. The van der Waals surface area contributed by atoms with E-state index in [1.807, 2.05) is 13.0 Å². The van der Waals surface area contributed by atoms with E-state index in [2.05, 4.69) is 31.2 Å². The molecular formula is C19H23BrN6O3S. The fourth-order valence-corrected chi connectivity index (χ4v) is 4.43. The minimum absolute atomic E-state index is 0.240. The molecule has 0 atom stereocenters. The molecule has 0 aliphatic carbocycles. The number of morpholine rings is 1. The van der Waals surface area contributed by atoms with Crippen molar-refractivity contribution in [2.24, 2.45) is 0 Å². The lowest BCUT2D eigenvalue weighted by molar-refractivity contribution is 0.122. The number of aryl methyl sites for hydroxylation is 1. The highest BCUT2D eigenvalue weighted by Crippen LogP contribution is 2.29. The fourth-order valence-electron chi connectivity index (χ4n) is 3.20. The molecule has 160 valence electrons. The molecule has 1 aromatic carbocycles. The number of anilines is 3. The van der Waals surface area contributed by atoms with Crippen LogP contribution in [0.1, 0.15) is 5.69 Å². The second kappa shape index (κ2) is 8.14. The van der Waals surface area contributed by atoms with Gasteiger partial charge in [-0.25, -0.2) is 17.7 Å². The van der Waals surface area contributed by atoms with E-state index in [9.17, 15) is 8.42 Å². The van der Waals surface area contributed by atoms with E-state index in [-0.39, 0.29) is 4.90 Å². The third-order valence-electron chi connectivity index (χ3n) is 4.92. The van der Waals surface area contributed by atoms with Crippen molar-refractivity contribution in [3.63, 3.8) is 0 Å². The number of fused-ring (bicyclic) bond motifs is 1. The first kappa shape index (κ1) is 21.0. The van der Waals surface area contributed by atoms with E-state index in [0.717, 1.165) is 40.6 Å². The van der Waals surface area contributed by atoms with Crippen molar-refractivity contribution in [2.75, 3.05) is 50.6 Å². The van der Waals surface area contributed by atoms with E-state index in [1.165, 1.54) is 18.4 Å². The Morgan fingerprint density at radius 1 is 1.17 bits per heavy atom. The van der Waals surface area contributed by atoms with Crippen molar-refractivity contribution in [1.29, 1.82) is 0 Å². The number of hydrogen-bond acceptors (Lipinski definition) is 7. The zero-order chi connectivity index (χ0) is 21.5. The number of nitrogens with zero attached hydrogens (tertiary/aromatic N) is 5. The van der Waals surface area contributed by atoms with E-state index in [1.54, 1.807) is 28.8 Å². The number of benzene rings is 1. The van der Waals surface area contributed by atoms with Crippen molar-refractivity contribution in [3.05, 3.63) is 40.5 Å². The lowest BCUT2D eigenvalue weighted by Gasteiger charge is -2.28. The van der Waals surface area contributed by atoms with E-state index in [0.29, 0.717) is 18.9 Å². The molecule has 9 nitrogen and oxygen atoms in total. The molecule has 30 heavy (non-hydrogen) atoms. The maximum Gasteiger partial charge on any atom is 0.242 e. The summed E-state index contributed by atoms with van der Waals surface area (Å²) in [4.78, 5) is 7.20. The summed E-state index contributed by atoms with van der Waals surface area (Å²) in [6.07, 6.45) is 0. The normalized spacial score (nSPS) is 15.2. The second-order valence-electron chi connectivity index (χ2n) is 7.17.